The van der Waals surface area contributed by atoms with Crippen molar-refractivity contribution < 1.29 is 9.47 Å². The molecule has 0 amide bonds. The van der Waals surface area contributed by atoms with E-state index in [0.29, 0.717) is 11.2 Å². The van der Waals surface area contributed by atoms with Gasteiger partial charge in [-0.1, -0.05) is 42.5 Å². The van der Waals surface area contributed by atoms with Gasteiger partial charge in [0.05, 0.1) is 19.6 Å². The van der Waals surface area contributed by atoms with Crippen LogP contribution in [0.2, 0.25) is 0 Å². The van der Waals surface area contributed by atoms with Crippen LogP contribution in [0.1, 0.15) is 21.6 Å². The molecule has 0 saturated carbocycles. The Balaban J connectivity index is 1.42. The summed E-state index contributed by atoms with van der Waals surface area (Å²) in [5.74, 6) is 2.25. The number of benzene rings is 3. The first-order chi connectivity index (χ1) is 17.1. The highest BCUT2D eigenvalue weighted by molar-refractivity contribution is 7.18. The third-order valence-corrected chi connectivity index (χ3v) is 7.10. The Hall–Kier alpha value is -3.90. The SMILES string of the molecule is COc1ccc(CCc2cc(-c3nc4sc(Cc5ccccc5)cc4c(=O)[nH]3)ccc2OC)cc1. The second-order valence-electron chi connectivity index (χ2n) is 8.38. The fraction of sp³-hybridized carbons (Fsp3) is 0.172. The lowest BCUT2D eigenvalue weighted by atomic mass is 10.0. The van der Waals surface area contributed by atoms with Gasteiger partial charge in [0, 0.05) is 16.9 Å². The smallest absolute Gasteiger partial charge is 0.259 e. The molecule has 0 unspecified atom stereocenters. The fourth-order valence-electron chi connectivity index (χ4n) is 4.19. The van der Waals surface area contributed by atoms with E-state index in [1.54, 1.807) is 25.6 Å². The number of methoxy groups -OCH3 is 2. The molecule has 5 rings (SSSR count). The molecule has 35 heavy (non-hydrogen) atoms. The first-order valence-electron chi connectivity index (χ1n) is 11.5. The monoisotopic (exact) mass is 482 g/mol. The number of ether oxygens (including phenoxy) is 2. The van der Waals surface area contributed by atoms with Crippen LogP contribution in [0.15, 0.2) is 83.7 Å². The molecule has 0 aliphatic heterocycles. The molecule has 5 nitrogen and oxygen atoms in total. The zero-order chi connectivity index (χ0) is 24.2. The molecule has 2 heterocycles. The van der Waals surface area contributed by atoms with E-state index >= 15 is 0 Å². The highest BCUT2D eigenvalue weighted by atomic mass is 32.1. The van der Waals surface area contributed by atoms with Gasteiger partial charge in [0.2, 0.25) is 0 Å². The van der Waals surface area contributed by atoms with Crippen molar-refractivity contribution in [2.75, 3.05) is 14.2 Å². The molecule has 3 aromatic carbocycles. The van der Waals surface area contributed by atoms with Crippen molar-refractivity contribution in [1.82, 2.24) is 9.97 Å². The normalized spacial score (nSPS) is 11.0. The van der Waals surface area contributed by atoms with Crippen LogP contribution in [0.5, 0.6) is 11.5 Å². The van der Waals surface area contributed by atoms with E-state index in [0.717, 1.165) is 51.6 Å². The van der Waals surface area contributed by atoms with Crippen molar-refractivity contribution in [2.24, 2.45) is 0 Å². The van der Waals surface area contributed by atoms with Gasteiger partial charge in [0.1, 0.15) is 22.2 Å². The molecule has 2 aromatic heterocycles. The van der Waals surface area contributed by atoms with Gasteiger partial charge in [-0.3, -0.25) is 4.79 Å². The summed E-state index contributed by atoms with van der Waals surface area (Å²) < 4.78 is 10.9. The van der Waals surface area contributed by atoms with E-state index in [1.165, 1.54) is 11.1 Å². The summed E-state index contributed by atoms with van der Waals surface area (Å²) in [4.78, 5) is 22.6. The van der Waals surface area contributed by atoms with Gasteiger partial charge in [-0.2, -0.15) is 0 Å². The number of rotatable bonds is 8. The number of nitrogens with one attached hydrogen (secondary N) is 1. The minimum absolute atomic E-state index is 0.115. The number of H-pyrrole nitrogens is 1. The number of nitrogens with zero attached hydrogens (tertiary/aromatic N) is 1. The average Bonchev–Trinajstić information content (AvgIpc) is 3.31. The van der Waals surface area contributed by atoms with E-state index in [-0.39, 0.29) is 5.56 Å². The average molecular weight is 483 g/mol. The third kappa shape index (κ3) is 5.12. The number of aromatic amines is 1. The molecule has 0 aliphatic rings. The number of aromatic nitrogens is 2. The summed E-state index contributed by atoms with van der Waals surface area (Å²) in [7, 11) is 3.35. The van der Waals surface area contributed by atoms with Crippen molar-refractivity contribution in [1.29, 1.82) is 0 Å². The van der Waals surface area contributed by atoms with Crippen LogP contribution in [-0.4, -0.2) is 24.2 Å². The van der Waals surface area contributed by atoms with Gasteiger partial charge >= 0.3 is 0 Å². The topological polar surface area (TPSA) is 64.2 Å². The second-order valence-corrected chi connectivity index (χ2v) is 9.50. The maximum Gasteiger partial charge on any atom is 0.259 e. The van der Waals surface area contributed by atoms with Gasteiger partial charge in [-0.05, 0) is 65.9 Å². The molecule has 0 atom stereocenters. The molecule has 1 N–H and O–H groups in total. The lowest BCUT2D eigenvalue weighted by Crippen LogP contribution is -2.08. The van der Waals surface area contributed by atoms with E-state index in [2.05, 4.69) is 35.3 Å². The van der Waals surface area contributed by atoms with Gasteiger partial charge < -0.3 is 14.5 Å². The van der Waals surface area contributed by atoms with E-state index in [4.69, 9.17) is 14.5 Å². The predicted octanol–water partition coefficient (Wildman–Crippen LogP) is 6.04. The van der Waals surface area contributed by atoms with E-state index in [1.807, 2.05) is 48.5 Å². The summed E-state index contributed by atoms with van der Waals surface area (Å²) in [6.07, 6.45) is 2.45. The molecule has 0 spiro atoms. The van der Waals surface area contributed by atoms with Crippen LogP contribution in [-0.2, 0) is 19.3 Å². The van der Waals surface area contributed by atoms with Crippen molar-refractivity contribution in [2.45, 2.75) is 19.3 Å². The summed E-state index contributed by atoms with van der Waals surface area (Å²) in [6, 6.07) is 26.3. The van der Waals surface area contributed by atoms with Gasteiger partial charge in [0.25, 0.3) is 5.56 Å². The maximum absolute atomic E-state index is 12.9. The highest BCUT2D eigenvalue weighted by Gasteiger charge is 2.13. The van der Waals surface area contributed by atoms with Gasteiger partial charge in [0.15, 0.2) is 0 Å². The zero-order valence-corrected chi connectivity index (χ0v) is 20.5. The fourth-order valence-corrected chi connectivity index (χ4v) is 5.26. The van der Waals surface area contributed by atoms with Crippen molar-refractivity contribution >= 4 is 21.6 Å². The lowest BCUT2D eigenvalue weighted by Gasteiger charge is -2.11. The molecular formula is C29H26N2O3S. The number of hydrogen-bond donors (Lipinski definition) is 1. The quantitative estimate of drug-likeness (QED) is 0.293. The molecule has 0 fully saturated rings. The van der Waals surface area contributed by atoms with Crippen molar-refractivity contribution in [3.8, 4) is 22.9 Å². The second kappa shape index (κ2) is 10.2. The number of fused-ring (bicyclic) bond motifs is 1. The minimum atomic E-state index is -0.115. The summed E-state index contributed by atoms with van der Waals surface area (Å²) in [5, 5.41) is 0.637. The van der Waals surface area contributed by atoms with E-state index < -0.39 is 0 Å². The molecule has 176 valence electrons. The maximum atomic E-state index is 12.9. The van der Waals surface area contributed by atoms with Gasteiger partial charge in [-0.15, -0.1) is 11.3 Å². The van der Waals surface area contributed by atoms with Crippen molar-refractivity contribution in [3.63, 3.8) is 0 Å². The number of thiophene rings is 1. The largest absolute Gasteiger partial charge is 0.497 e. The Morgan fingerprint density at radius 1 is 0.857 bits per heavy atom. The molecular weight excluding hydrogens is 456 g/mol. The highest BCUT2D eigenvalue weighted by Crippen LogP contribution is 2.29. The first kappa shape index (κ1) is 22.9. The molecule has 0 bridgehead atoms. The predicted molar refractivity (Wildman–Crippen MR) is 142 cm³/mol. The Bertz CT molecular complexity index is 1510. The molecule has 0 radical (unpaired) electrons. The van der Waals surface area contributed by atoms with Crippen molar-refractivity contribution in [3.05, 3.63) is 111 Å². The van der Waals surface area contributed by atoms with Crippen LogP contribution in [0.25, 0.3) is 21.6 Å². The van der Waals surface area contributed by atoms with E-state index in [9.17, 15) is 4.79 Å². The van der Waals surface area contributed by atoms with Crippen LogP contribution >= 0.6 is 11.3 Å². The lowest BCUT2D eigenvalue weighted by molar-refractivity contribution is 0.409. The van der Waals surface area contributed by atoms with Crippen LogP contribution in [0.4, 0.5) is 0 Å². The first-order valence-corrected chi connectivity index (χ1v) is 12.3. The Kier molecular flexibility index (Phi) is 6.64. The summed E-state index contributed by atoms with van der Waals surface area (Å²) >= 11 is 1.57. The Morgan fingerprint density at radius 2 is 1.66 bits per heavy atom. The van der Waals surface area contributed by atoms with Crippen LogP contribution < -0.4 is 15.0 Å². The number of hydrogen-bond acceptors (Lipinski definition) is 5. The molecule has 0 saturated heterocycles. The molecule has 6 heteroatoms. The summed E-state index contributed by atoms with van der Waals surface area (Å²) in [5.41, 5.74) is 4.26. The van der Waals surface area contributed by atoms with Crippen LogP contribution in [0, 0.1) is 0 Å². The minimum Gasteiger partial charge on any atom is -0.497 e. The zero-order valence-electron chi connectivity index (χ0n) is 19.7. The molecule has 5 aromatic rings. The Labute approximate surface area is 208 Å². The number of aryl methyl sites for hydroxylation is 2. The standard InChI is InChI=1S/C29H26N2O3S/c1-33-23-13-9-19(10-14-23)8-11-21-17-22(12-15-26(21)34-2)27-30-28(32)25-18-24(35-29(25)31-27)16-20-6-4-3-5-7-20/h3-7,9-10,12-15,17-18H,8,11,16H2,1-2H3,(H,30,31,32). The Morgan fingerprint density at radius 3 is 2.40 bits per heavy atom. The van der Waals surface area contributed by atoms with Crippen LogP contribution in [0.3, 0.4) is 0 Å². The summed E-state index contributed by atoms with van der Waals surface area (Å²) in [6.45, 7) is 0. The third-order valence-electron chi connectivity index (χ3n) is 6.07. The molecule has 0 aliphatic carbocycles. The van der Waals surface area contributed by atoms with Gasteiger partial charge in [-0.25, -0.2) is 4.98 Å².